The Bertz CT molecular complexity index is 1010. The van der Waals surface area contributed by atoms with Crippen molar-refractivity contribution in [2.75, 3.05) is 13.1 Å². The smallest absolute Gasteiger partial charge is 0.332 e. The average Bonchev–Trinajstić information content (AvgIpc) is 3.02. The number of carboxylic acid groups (broad SMARTS) is 1. The normalized spacial score (nSPS) is 15.3. The summed E-state index contributed by atoms with van der Waals surface area (Å²) >= 11 is 0. The van der Waals surface area contributed by atoms with Gasteiger partial charge in [-0.2, -0.15) is 0 Å². The fourth-order valence-corrected chi connectivity index (χ4v) is 4.31. The molecular weight excluding hydrogens is 386 g/mol. The van der Waals surface area contributed by atoms with Gasteiger partial charge in [0.05, 0.1) is 0 Å². The molecule has 2 N–H and O–H groups in total. The van der Waals surface area contributed by atoms with Crippen molar-refractivity contribution in [3.8, 4) is 0 Å². The summed E-state index contributed by atoms with van der Waals surface area (Å²) in [7, 11) is 1.85. The predicted octanol–water partition coefficient (Wildman–Crippen LogP) is 1.66. The lowest BCUT2D eigenvalue weighted by atomic mass is 9.93. The molecule has 1 saturated heterocycles. The number of rotatable bonds is 9. The Morgan fingerprint density at radius 1 is 1.23 bits per heavy atom. The number of carbonyl (C=O) groups is 1. The van der Waals surface area contributed by atoms with Crippen molar-refractivity contribution in [1.29, 1.82) is 0 Å². The molecule has 2 aromatic heterocycles. The number of carboxylic acids is 1. The van der Waals surface area contributed by atoms with Crippen molar-refractivity contribution in [2.24, 2.45) is 13.0 Å². The van der Waals surface area contributed by atoms with Gasteiger partial charge in [-0.1, -0.05) is 0 Å². The van der Waals surface area contributed by atoms with E-state index >= 15 is 0 Å². The third-order valence-electron chi connectivity index (χ3n) is 6.06. The van der Waals surface area contributed by atoms with Gasteiger partial charge in [-0.05, 0) is 65.0 Å². The SMILES string of the molecule is CC(C)n1c(=O)n(CCCCC(=O)O)c(=O)c2c1nc(CCC1CCNCC1)n2C. The van der Waals surface area contributed by atoms with E-state index in [1.165, 1.54) is 4.57 Å². The molecule has 9 nitrogen and oxygen atoms in total. The van der Waals surface area contributed by atoms with Gasteiger partial charge >= 0.3 is 11.7 Å². The van der Waals surface area contributed by atoms with Gasteiger partial charge in [-0.3, -0.25) is 18.7 Å². The molecule has 1 aliphatic rings. The summed E-state index contributed by atoms with van der Waals surface area (Å²) in [4.78, 5) is 41.7. The van der Waals surface area contributed by atoms with E-state index in [9.17, 15) is 14.4 Å². The fourth-order valence-electron chi connectivity index (χ4n) is 4.31. The molecule has 0 aromatic carbocycles. The van der Waals surface area contributed by atoms with Gasteiger partial charge in [0, 0.05) is 32.5 Å². The van der Waals surface area contributed by atoms with Gasteiger partial charge in [0.25, 0.3) is 5.56 Å². The van der Waals surface area contributed by atoms with E-state index in [1.54, 1.807) is 4.57 Å². The molecule has 0 saturated carbocycles. The summed E-state index contributed by atoms with van der Waals surface area (Å²) in [5, 5.41) is 12.2. The number of hydrogen-bond donors (Lipinski definition) is 2. The van der Waals surface area contributed by atoms with Crippen molar-refractivity contribution >= 4 is 17.1 Å². The zero-order chi connectivity index (χ0) is 21.8. The van der Waals surface area contributed by atoms with Crippen LogP contribution >= 0.6 is 0 Å². The molecule has 0 amide bonds. The number of piperidine rings is 1. The maximum absolute atomic E-state index is 13.2. The van der Waals surface area contributed by atoms with Crippen LogP contribution in [0.3, 0.4) is 0 Å². The van der Waals surface area contributed by atoms with Gasteiger partial charge in [-0.15, -0.1) is 0 Å². The van der Waals surface area contributed by atoms with Gasteiger partial charge < -0.3 is 15.0 Å². The molecule has 3 heterocycles. The minimum Gasteiger partial charge on any atom is -0.481 e. The van der Waals surface area contributed by atoms with E-state index in [0.29, 0.717) is 29.9 Å². The largest absolute Gasteiger partial charge is 0.481 e. The second kappa shape index (κ2) is 9.59. The minimum absolute atomic E-state index is 0.0297. The van der Waals surface area contributed by atoms with Crippen molar-refractivity contribution in [3.05, 3.63) is 26.7 Å². The molecule has 0 bridgehead atoms. The summed E-state index contributed by atoms with van der Waals surface area (Å²) in [5.41, 5.74) is 0.178. The second-order valence-corrected chi connectivity index (χ2v) is 8.55. The number of aromatic nitrogens is 4. The Morgan fingerprint density at radius 2 is 1.93 bits per heavy atom. The van der Waals surface area contributed by atoms with Crippen molar-refractivity contribution in [3.63, 3.8) is 0 Å². The highest BCUT2D eigenvalue weighted by Gasteiger charge is 2.22. The molecular formula is C21H33N5O4. The van der Waals surface area contributed by atoms with E-state index in [0.717, 1.165) is 44.6 Å². The maximum atomic E-state index is 13.2. The Morgan fingerprint density at radius 3 is 2.57 bits per heavy atom. The summed E-state index contributed by atoms with van der Waals surface area (Å²) in [6, 6.07) is -0.141. The minimum atomic E-state index is -0.873. The number of aliphatic carboxylic acids is 1. The maximum Gasteiger partial charge on any atom is 0.332 e. The van der Waals surface area contributed by atoms with Crippen LogP contribution < -0.4 is 16.6 Å². The highest BCUT2D eigenvalue weighted by molar-refractivity contribution is 5.71. The Kier molecular flexibility index (Phi) is 7.12. The lowest BCUT2D eigenvalue weighted by Gasteiger charge is -2.22. The number of imidazole rings is 1. The molecule has 1 fully saturated rings. The summed E-state index contributed by atoms with van der Waals surface area (Å²) in [6.45, 7) is 6.12. The van der Waals surface area contributed by atoms with E-state index in [4.69, 9.17) is 10.1 Å². The summed E-state index contributed by atoms with van der Waals surface area (Å²) in [5.74, 6) is 0.615. The van der Waals surface area contributed by atoms with Crippen LogP contribution in [0.25, 0.3) is 11.2 Å². The van der Waals surface area contributed by atoms with Crippen LogP contribution in [-0.2, 0) is 24.8 Å². The molecule has 166 valence electrons. The number of unbranched alkanes of at least 4 members (excludes halogenated alkanes) is 1. The van der Waals surface area contributed by atoms with Gasteiger partial charge in [0.2, 0.25) is 0 Å². The van der Waals surface area contributed by atoms with E-state index in [1.807, 2.05) is 25.5 Å². The molecule has 1 aliphatic heterocycles. The lowest BCUT2D eigenvalue weighted by molar-refractivity contribution is -0.137. The van der Waals surface area contributed by atoms with E-state index in [2.05, 4.69) is 5.32 Å². The fraction of sp³-hybridized carbons (Fsp3) is 0.714. The van der Waals surface area contributed by atoms with Crippen LogP contribution in [0.15, 0.2) is 9.59 Å². The highest BCUT2D eigenvalue weighted by Crippen LogP contribution is 2.20. The first kappa shape index (κ1) is 22.3. The molecule has 30 heavy (non-hydrogen) atoms. The second-order valence-electron chi connectivity index (χ2n) is 8.55. The molecule has 0 unspecified atom stereocenters. The van der Waals surface area contributed by atoms with Crippen molar-refractivity contribution in [1.82, 2.24) is 24.0 Å². The van der Waals surface area contributed by atoms with Crippen LogP contribution in [0.4, 0.5) is 0 Å². The number of hydrogen-bond acceptors (Lipinski definition) is 5. The summed E-state index contributed by atoms with van der Waals surface area (Å²) < 4.78 is 4.66. The lowest BCUT2D eigenvalue weighted by Crippen LogP contribution is -2.41. The number of nitrogens with zero attached hydrogens (tertiary/aromatic N) is 4. The standard InChI is InChI=1S/C21H33N5O4/c1-14(2)26-19-18(20(29)25(21(26)30)13-5-4-6-17(27)28)24(3)16(23-19)8-7-15-9-11-22-12-10-15/h14-15,22H,4-13H2,1-3H3,(H,27,28). The predicted molar refractivity (Wildman–Crippen MR) is 115 cm³/mol. The molecule has 0 radical (unpaired) electrons. The molecule has 0 spiro atoms. The topological polar surface area (TPSA) is 111 Å². The van der Waals surface area contributed by atoms with E-state index in [-0.39, 0.29) is 30.3 Å². The molecule has 2 aromatic rings. The van der Waals surface area contributed by atoms with Crippen molar-refractivity contribution in [2.45, 2.75) is 71.4 Å². The first-order chi connectivity index (χ1) is 14.3. The number of aryl methyl sites for hydroxylation is 2. The van der Waals surface area contributed by atoms with Gasteiger partial charge in [0.1, 0.15) is 5.82 Å². The molecule has 0 aliphatic carbocycles. The van der Waals surface area contributed by atoms with Crippen LogP contribution in [-0.4, -0.2) is 42.9 Å². The molecule has 0 atom stereocenters. The number of nitrogens with one attached hydrogen (secondary N) is 1. The Balaban J connectivity index is 1.94. The first-order valence-corrected chi connectivity index (χ1v) is 10.9. The number of fused-ring (bicyclic) bond motifs is 1. The van der Waals surface area contributed by atoms with Crippen molar-refractivity contribution < 1.29 is 9.90 Å². The first-order valence-electron chi connectivity index (χ1n) is 10.9. The van der Waals surface area contributed by atoms with Crippen LogP contribution in [0.2, 0.25) is 0 Å². The Labute approximate surface area is 175 Å². The third-order valence-corrected chi connectivity index (χ3v) is 6.06. The average molecular weight is 420 g/mol. The zero-order valence-corrected chi connectivity index (χ0v) is 18.2. The molecule has 9 heteroatoms. The summed E-state index contributed by atoms with van der Waals surface area (Å²) in [6.07, 6.45) is 5.03. The van der Waals surface area contributed by atoms with Crippen LogP contribution in [0.1, 0.15) is 64.2 Å². The zero-order valence-electron chi connectivity index (χ0n) is 18.2. The highest BCUT2D eigenvalue weighted by atomic mass is 16.4. The van der Waals surface area contributed by atoms with Crippen LogP contribution in [0, 0.1) is 5.92 Å². The van der Waals surface area contributed by atoms with Gasteiger partial charge in [0.15, 0.2) is 11.2 Å². The molecule has 3 rings (SSSR count). The quantitative estimate of drug-likeness (QED) is 0.598. The van der Waals surface area contributed by atoms with Gasteiger partial charge in [-0.25, -0.2) is 9.78 Å². The van der Waals surface area contributed by atoms with Crippen LogP contribution in [0.5, 0.6) is 0 Å². The third kappa shape index (κ3) is 4.66. The van der Waals surface area contributed by atoms with E-state index < -0.39 is 5.97 Å². The monoisotopic (exact) mass is 419 g/mol. The Hall–Kier alpha value is -2.42.